The number of β-amino-alcohol motifs (C(OH)–C–C–N with tert-alkyl or cyclic N) is 1. The van der Waals surface area contributed by atoms with Crippen LogP contribution in [0.5, 0.6) is 0 Å². The molecular weight excluding hydrogens is 254 g/mol. The summed E-state index contributed by atoms with van der Waals surface area (Å²) in [4.78, 5) is 0. The minimum Gasteiger partial charge on any atom is -0.396 e. The maximum absolute atomic E-state index is 9.80. The van der Waals surface area contributed by atoms with Gasteiger partial charge in [0.05, 0.1) is 12.7 Å². The maximum atomic E-state index is 9.80. The van der Waals surface area contributed by atoms with Gasteiger partial charge in [-0.25, -0.2) is 0 Å². The number of aliphatic hydroxyl groups excluding tert-OH is 2. The second-order valence-corrected chi connectivity index (χ2v) is 6.23. The van der Waals surface area contributed by atoms with Gasteiger partial charge < -0.3 is 20.3 Å². The van der Waals surface area contributed by atoms with Gasteiger partial charge in [-0.15, -0.1) is 0 Å². The number of hydrogen-bond donors (Lipinski definition) is 3. The first-order chi connectivity index (χ1) is 9.52. The van der Waals surface area contributed by atoms with E-state index in [2.05, 4.69) is 12.2 Å². The first-order valence-electron chi connectivity index (χ1n) is 8.13. The van der Waals surface area contributed by atoms with Crippen molar-refractivity contribution in [2.24, 2.45) is 0 Å². The van der Waals surface area contributed by atoms with Crippen LogP contribution in [0.25, 0.3) is 0 Å². The van der Waals surface area contributed by atoms with Crippen molar-refractivity contribution in [3.63, 3.8) is 0 Å². The van der Waals surface area contributed by atoms with Crippen LogP contribution in [0, 0.1) is 0 Å². The standard InChI is InChI=1S/C16H35NO3/c1-4-5-6-7-8-9-12-20-14-15(19)13-17-16(2,3)10-11-18/h15,17-19H,4-14H2,1-3H3. The van der Waals surface area contributed by atoms with Gasteiger partial charge in [-0.2, -0.15) is 0 Å². The summed E-state index contributed by atoms with van der Waals surface area (Å²) in [6.07, 6.45) is 7.72. The Labute approximate surface area is 124 Å². The third kappa shape index (κ3) is 12.9. The van der Waals surface area contributed by atoms with Crippen molar-refractivity contribution >= 4 is 0 Å². The fraction of sp³-hybridized carbons (Fsp3) is 1.00. The summed E-state index contributed by atoms with van der Waals surface area (Å²) >= 11 is 0. The van der Waals surface area contributed by atoms with Crippen molar-refractivity contribution < 1.29 is 14.9 Å². The fourth-order valence-corrected chi connectivity index (χ4v) is 2.02. The van der Waals surface area contributed by atoms with Gasteiger partial charge in [0, 0.05) is 25.3 Å². The van der Waals surface area contributed by atoms with Gasteiger partial charge in [0.25, 0.3) is 0 Å². The molecule has 20 heavy (non-hydrogen) atoms. The summed E-state index contributed by atoms with van der Waals surface area (Å²) in [7, 11) is 0. The van der Waals surface area contributed by atoms with Gasteiger partial charge in [0.2, 0.25) is 0 Å². The molecule has 0 aliphatic carbocycles. The summed E-state index contributed by atoms with van der Waals surface area (Å²) in [5, 5.41) is 22.0. The molecule has 4 heteroatoms. The molecule has 0 aliphatic heterocycles. The topological polar surface area (TPSA) is 61.7 Å². The molecule has 0 spiro atoms. The molecule has 0 bridgehead atoms. The molecule has 0 aliphatic rings. The molecule has 122 valence electrons. The highest BCUT2D eigenvalue weighted by atomic mass is 16.5. The molecule has 0 aromatic carbocycles. The summed E-state index contributed by atoms with van der Waals surface area (Å²) < 4.78 is 5.49. The zero-order valence-electron chi connectivity index (χ0n) is 13.7. The van der Waals surface area contributed by atoms with E-state index in [0.717, 1.165) is 13.0 Å². The average Bonchev–Trinajstić information content (AvgIpc) is 2.39. The molecule has 0 aromatic heterocycles. The number of aliphatic hydroxyl groups is 2. The Hall–Kier alpha value is -0.160. The Kier molecular flexibility index (Phi) is 12.5. The Balaban J connectivity index is 3.38. The molecule has 1 atom stereocenters. The Morgan fingerprint density at radius 3 is 2.40 bits per heavy atom. The van der Waals surface area contributed by atoms with E-state index >= 15 is 0 Å². The second kappa shape index (κ2) is 12.6. The van der Waals surface area contributed by atoms with Crippen LogP contribution in [0.2, 0.25) is 0 Å². The molecule has 1 unspecified atom stereocenters. The van der Waals surface area contributed by atoms with Crippen molar-refractivity contribution in [2.45, 2.75) is 77.4 Å². The third-order valence-electron chi connectivity index (χ3n) is 3.51. The molecule has 0 rings (SSSR count). The van der Waals surface area contributed by atoms with Crippen LogP contribution < -0.4 is 5.32 Å². The van der Waals surface area contributed by atoms with E-state index in [0.29, 0.717) is 19.6 Å². The lowest BCUT2D eigenvalue weighted by atomic mass is 10.0. The van der Waals surface area contributed by atoms with Crippen LogP contribution in [0.4, 0.5) is 0 Å². The largest absolute Gasteiger partial charge is 0.396 e. The van der Waals surface area contributed by atoms with E-state index < -0.39 is 6.10 Å². The summed E-state index contributed by atoms with van der Waals surface area (Å²) in [6, 6.07) is 0. The van der Waals surface area contributed by atoms with Gasteiger partial charge in [-0.1, -0.05) is 39.0 Å². The second-order valence-electron chi connectivity index (χ2n) is 6.23. The first-order valence-corrected chi connectivity index (χ1v) is 8.13. The minimum absolute atomic E-state index is 0.144. The molecule has 0 saturated heterocycles. The van der Waals surface area contributed by atoms with E-state index in [1.807, 2.05) is 13.8 Å². The molecule has 0 amide bonds. The molecule has 4 nitrogen and oxygen atoms in total. The molecule has 0 aromatic rings. The third-order valence-corrected chi connectivity index (χ3v) is 3.51. The fourth-order valence-electron chi connectivity index (χ4n) is 2.02. The number of nitrogens with one attached hydrogen (secondary N) is 1. The van der Waals surface area contributed by atoms with Gasteiger partial charge in [-0.05, 0) is 26.7 Å². The molecule has 0 fully saturated rings. The Morgan fingerprint density at radius 1 is 1.10 bits per heavy atom. The summed E-state index contributed by atoms with van der Waals surface area (Å²) in [5.74, 6) is 0. The molecular formula is C16H35NO3. The first kappa shape index (κ1) is 19.8. The maximum Gasteiger partial charge on any atom is 0.0897 e. The van der Waals surface area contributed by atoms with E-state index in [-0.39, 0.29) is 12.1 Å². The van der Waals surface area contributed by atoms with E-state index in [9.17, 15) is 5.11 Å². The average molecular weight is 289 g/mol. The lowest BCUT2D eigenvalue weighted by molar-refractivity contribution is 0.0312. The molecule has 0 heterocycles. The predicted octanol–water partition coefficient (Wildman–Crippen LogP) is 2.48. The highest BCUT2D eigenvalue weighted by Gasteiger charge is 2.17. The molecule has 0 radical (unpaired) electrons. The number of ether oxygens (including phenoxy) is 1. The lowest BCUT2D eigenvalue weighted by Crippen LogP contribution is -2.45. The van der Waals surface area contributed by atoms with Gasteiger partial charge in [0.15, 0.2) is 0 Å². The zero-order valence-corrected chi connectivity index (χ0v) is 13.7. The van der Waals surface area contributed by atoms with Crippen LogP contribution >= 0.6 is 0 Å². The van der Waals surface area contributed by atoms with Crippen LogP contribution in [-0.2, 0) is 4.74 Å². The van der Waals surface area contributed by atoms with Crippen LogP contribution in [0.1, 0.15) is 65.7 Å². The smallest absolute Gasteiger partial charge is 0.0897 e. The Morgan fingerprint density at radius 2 is 1.75 bits per heavy atom. The summed E-state index contributed by atoms with van der Waals surface area (Å²) in [5.41, 5.74) is -0.144. The quantitative estimate of drug-likeness (QED) is 0.430. The number of hydrogen-bond acceptors (Lipinski definition) is 4. The van der Waals surface area contributed by atoms with Crippen molar-refractivity contribution in [1.82, 2.24) is 5.32 Å². The van der Waals surface area contributed by atoms with Gasteiger partial charge in [-0.3, -0.25) is 0 Å². The SMILES string of the molecule is CCCCCCCCOCC(O)CNC(C)(C)CCO. The zero-order chi connectivity index (χ0) is 15.3. The lowest BCUT2D eigenvalue weighted by Gasteiger charge is -2.27. The monoisotopic (exact) mass is 289 g/mol. The predicted molar refractivity (Wildman–Crippen MR) is 84.0 cm³/mol. The van der Waals surface area contributed by atoms with Crippen molar-refractivity contribution in [3.05, 3.63) is 0 Å². The summed E-state index contributed by atoms with van der Waals surface area (Å²) in [6.45, 7) is 8.05. The number of unbranched alkanes of at least 4 members (excludes halogenated alkanes) is 5. The highest BCUT2D eigenvalue weighted by Crippen LogP contribution is 2.07. The van der Waals surface area contributed by atoms with Crippen LogP contribution in [-0.4, -0.2) is 48.2 Å². The van der Waals surface area contributed by atoms with E-state index in [4.69, 9.17) is 9.84 Å². The van der Waals surface area contributed by atoms with Crippen molar-refractivity contribution in [3.8, 4) is 0 Å². The minimum atomic E-state index is -0.479. The Bertz CT molecular complexity index is 210. The van der Waals surface area contributed by atoms with E-state index in [1.54, 1.807) is 0 Å². The normalized spacial score (nSPS) is 13.7. The van der Waals surface area contributed by atoms with Crippen LogP contribution in [0.3, 0.4) is 0 Å². The number of rotatable bonds is 14. The highest BCUT2D eigenvalue weighted by molar-refractivity contribution is 4.78. The van der Waals surface area contributed by atoms with Gasteiger partial charge >= 0.3 is 0 Å². The molecule has 0 saturated carbocycles. The van der Waals surface area contributed by atoms with Crippen LogP contribution in [0.15, 0.2) is 0 Å². The van der Waals surface area contributed by atoms with Crippen molar-refractivity contribution in [1.29, 1.82) is 0 Å². The van der Waals surface area contributed by atoms with Crippen molar-refractivity contribution in [2.75, 3.05) is 26.4 Å². The molecule has 3 N–H and O–H groups in total. The van der Waals surface area contributed by atoms with E-state index in [1.165, 1.54) is 32.1 Å². The van der Waals surface area contributed by atoms with Gasteiger partial charge in [0.1, 0.15) is 0 Å².